The molecular formula is C64H61N3O. The Morgan fingerprint density at radius 3 is 0.618 bits per heavy atom. The van der Waals surface area contributed by atoms with E-state index in [-0.39, 0.29) is 0 Å². The summed E-state index contributed by atoms with van der Waals surface area (Å²) in [6.07, 6.45) is 3.83. The summed E-state index contributed by atoms with van der Waals surface area (Å²) in [6, 6.07) is 79.8. The third-order valence-corrected chi connectivity index (χ3v) is 12.8. The Hall–Kier alpha value is -7.82. The van der Waals surface area contributed by atoms with Crippen molar-refractivity contribution < 1.29 is 4.74 Å². The molecule has 0 aliphatic rings. The number of rotatable bonds is 17. The minimum atomic E-state index is 0.638. The predicted octanol–water partition coefficient (Wildman–Crippen LogP) is 17.3. The van der Waals surface area contributed by atoms with Gasteiger partial charge in [0.1, 0.15) is 5.75 Å². The molecule has 0 saturated heterocycles. The Balaban J connectivity index is 0.878. The molecule has 338 valence electrons. The van der Waals surface area contributed by atoms with Gasteiger partial charge in [-0.1, -0.05) is 119 Å². The van der Waals surface area contributed by atoms with Crippen molar-refractivity contribution in [1.82, 2.24) is 0 Å². The van der Waals surface area contributed by atoms with Gasteiger partial charge in [0.05, 0.1) is 6.61 Å². The van der Waals surface area contributed by atoms with E-state index in [2.05, 4.69) is 261 Å². The minimum Gasteiger partial charge on any atom is -0.494 e. The second-order valence-corrected chi connectivity index (χ2v) is 17.9. The van der Waals surface area contributed by atoms with Gasteiger partial charge in [-0.05, 0) is 204 Å². The van der Waals surface area contributed by atoms with Gasteiger partial charge in [0, 0.05) is 51.2 Å². The molecule has 0 unspecified atom stereocenters. The van der Waals surface area contributed by atoms with E-state index in [0.29, 0.717) is 6.61 Å². The summed E-state index contributed by atoms with van der Waals surface area (Å²) >= 11 is 0. The first-order valence-corrected chi connectivity index (χ1v) is 24.0. The third kappa shape index (κ3) is 11.1. The van der Waals surface area contributed by atoms with E-state index in [1.165, 1.54) is 44.5 Å². The number of hydrogen-bond acceptors (Lipinski definition) is 4. The average Bonchev–Trinajstić information content (AvgIpc) is 3.37. The number of ether oxygens (including phenoxy) is 1. The number of aryl methyl sites for hydroxylation is 8. The zero-order chi connectivity index (χ0) is 46.8. The van der Waals surface area contributed by atoms with Crippen molar-refractivity contribution in [3.63, 3.8) is 0 Å². The van der Waals surface area contributed by atoms with Crippen LogP contribution in [0.3, 0.4) is 0 Å². The molecule has 0 radical (unpaired) electrons. The van der Waals surface area contributed by atoms with Gasteiger partial charge in [-0.15, -0.1) is 0 Å². The van der Waals surface area contributed by atoms with Crippen molar-refractivity contribution in [1.29, 1.82) is 0 Å². The molecule has 4 heteroatoms. The zero-order valence-electron chi connectivity index (χ0n) is 40.1. The maximum absolute atomic E-state index is 5.82. The van der Waals surface area contributed by atoms with Crippen molar-refractivity contribution in [3.05, 3.63) is 263 Å². The van der Waals surface area contributed by atoms with Gasteiger partial charge in [0.15, 0.2) is 0 Å². The van der Waals surface area contributed by atoms with E-state index in [1.54, 1.807) is 0 Å². The van der Waals surface area contributed by atoms with Gasteiger partial charge in [0.25, 0.3) is 0 Å². The molecule has 0 saturated carbocycles. The first-order valence-electron chi connectivity index (χ1n) is 24.0. The molecule has 4 nitrogen and oxygen atoms in total. The maximum Gasteiger partial charge on any atom is 0.119 e. The van der Waals surface area contributed by atoms with E-state index in [4.69, 9.17) is 4.74 Å². The van der Waals surface area contributed by atoms with Crippen molar-refractivity contribution in [2.45, 2.75) is 60.3 Å². The number of anilines is 9. The van der Waals surface area contributed by atoms with Crippen LogP contribution >= 0.6 is 0 Å². The van der Waals surface area contributed by atoms with Crippen LogP contribution in [0.1, 0.15) is 51.4 Å². The van der Waals surface area contributed by atoms with Gasteiger partial charge in [-0.25, -0.2) is 0 Å². The predicted molar refractivity (Wildman–Crippen MR) is 288 cm³/mol. The summed E-state index contributed by atoms with van der Waals surface area (Å²) in [6.45, 7) is 11.2. The lowest BCUT2D eigenvalue weighted by atomic mass is 10.0. The highest BCUT2D eigenvalue weighted by Crippen LogP contribution is 2.38. The van der Waals surface area contributed by atoms with E-state index < -0.39 is 0 Å². The average molecular weight is 888 g/mol. The SMILES string of the molecule is CCOc1ccc(N(c2ccc(CCc3ccc(N(c4ccc(C)cc4)c4ccc(C)cc4)cc3)cc2)c2ccc(CCc3ccc(N(c4ccc(C)cc4)c4ccc(C)cc4)cc3)cc2)cc1. The van der Waals surface area contributed by atoms with Crippen molar-refractivity contribution in [2.24, 2.45) is 0 Å². The lowest BCUT2D eigenvalue weighted by Gasteiger charge is -2.26. The number of nitrogens with zero attached hydrogens (tertiary/aromatic N) is 3. The molecule has 0 spiro atoms. The summed E-state index contributed by atoms with van der Waals surface area (Å²) in [7, 11) is 0. The summed E-state index contributed by atoms with van der Waals surface area (Å²) in [5, 5.41) is 0. The minimum absolute atomic E-state index is 0.638. The molecule has 0 bridgehead atoms. The van der Waals surface area contributed by atoms with Gasteiger partial charge < -0.3 is 19.4 Å². The highest BCUT2D eigenvalue weighted by Gasteiger charge is 2.16. The smallest absolute Gasteiger partial charge is 0.119 e. The summed E-state index contributed by atoms with van der Waals surface area (Å²) in [4.78, 5) is 7.00. The fourth-order valence-electron chi connectivity index (χ4n) is 8.80. The van der Waals surface area contributed by atoms with Gasteiger partial charge in [-0.2, -0.15) is 0 Å². The Kier molecular flexibility index (Phi) is 14.1. The van der Waals surface area contributed by atoms with Crippen LogP contribution in [0.5, 0.6) is 5.75 Å². The summed E-state index contributed by atoms with van der Waals surface area (Å²) in [5.41, 5.74) is 20.5. The largest absolute Gasteiger partial charge is 0.494 e. The second kappa shape index (κ2) is 21.2. The highest BCUT2D eigenvalue weighted by atomic mass is 16.5. The molecule has 0 amide bonds. The first-order chi connectivity index (χ1) is 33.3. The molecule has 0 fully saturated rings. The standard InChI is InChI=1S/C64H61N3O/c1-6-68-64-45-43-63(44-46-64)67(61-39-23-53(24-40-61)17-15-51-19-35-59(36-20-51)65(55-27-7-47(2)8-28-55)56-29-9-48(3)10-30-56)62-41-25-54(26-42-62)18-16-52-21-37-60(38-22-52)66(57-31-11-49(4)12-32-57)58-33-13-50(5)14-34-58/h7-14,19-46H,6,15-18H2,1-5H3. The molecule has 0 atom stereocenters. The Labute approximate surface area is 404 Å². The monoisotopic (exact) mass is 887 g/mol. The normalized spacial score (nSPS) is 11.0. The molecule has 0 aliphatic carbocycles. The van der Waals surface area contributed by atoms with Crippen molar-refractivity contribution >= 4 is 51.2 Å². The van der Waals surface area contributed by atoms with Crippen LogP contribution in [-0.4, -0.2) is 6.61 Å². The van der Waals surface area contributed by atoms with Gasteiger partial charge >= 0.3 is 0 Å². The third-order valence-electron chi connectivity index (χ3n) is 12.8. The highest BCUT2D eigenvalue weighted by molar-refractivity contribution is 5.79. The second-order valence-electron chi connectivity index (χ2n) is 17.9. The van der Waals surface area contributed by atoms with Gasteiger partial charge in [0.2, 0.25) is 0 Å². The Bertz CT molecular complexity index is 2700. The van der Waals surface area contributed by atoms with Crippen LogP contribution in [0, 0.1) is 27.7 Å². The Morgan fingerprint density at radius 2 is 0.426 bits per heavy atom. The molecule has 0 aromatic heterocycles. The molecule has 0 N–H and O–H groups in total. The van der Waals surface area contributed by atoms with Crippen LogP contribution in [0.25, 0.3) is 0 Å². The quantitative estimate of drug-likeness (QED) is 0.0907. The molecule has 9 aromatic rings. The van der Waals surface area contributed by atoms with E-state index in [0.717, 1.165) is 82.6 Å². The molecule has 68 heavy (non-hydrogen) atoms. The molecule has 0 aliphatic heterocycles. The molecule has 0 heterocycles. The number of benzene rings is 9. The molecule has 9 aromatic carbocycles. The fraction of sp³-hybridized carbons (Fsp3) is 0.156. The lowest BCUT2D eigenvalue weighted by Crippen LogP contribution is -2.10. The summed E-state index contributed by atoms with van der Waals surface area (Å²) in [5.74, 6) is 0.874. The molecular weight excluding hydrogens is 827 g/mol. The topological polar surface area (TPSA) is 19.0 Å². The maximum atomic E-state index is 5.82. The number of hydrogen-bond donors (Lipinski definition) is 0. The van der Waals surface area contributed by atoms with E-state index in [9.17, 15) is 0 Å². The van der Waals surface area contributed by atoms with Crippen LogP contribution in [-0.2, 0) is 25.7 Å². The zero-order valence-corrected chi connectivity index (χ0v) is 40.1. The van der Waals surface area contributed by atoms with Crippen LogP contribution in [0.15, 0.2) is 218 Å². The lowest BCUT2D eigenvalue weighted by molar-refractivity contribution is 0.340. The first kappa shape index (κ1) is 45.3. The van der Waals surface area contributed by atoms with E-state index >= 15 is 0 Å². The van der Waals surface area contributed by atoms with Crippen LogP contribution in [0.4, 0.5) is 51.2 Å². The van der Waals surface area contributed by atoms with Crippen molar-refractivity contribution in [2.75, 3.05) is 21.3 Å². The van der Waals surface area contributed by atoms with E-state index in [1.807, 2.05) is 6.92 Å². The van der Waals surface area contributed by atoms with Crippen molar-refractivity contribution in [3.8, 4) is 5.75 Å². The van der Waals surface area contributed by atoms with Crippen LogP contribution in [0.2, 0.25) is 0 Å². The fourth-order valence-corrected chi connectivity index (χ4v) is 8.80. The Morgan fingerprint density at radius 1 is 0.250 bits per heavy atom. The van der Waals surface area contributed by atoms with Crippen LogP contribution < -0.4 is 19.4 Å². The van der Waals surface area contributed by atoms with Gasteiger partial charge in [-0.3, -0.25) is 0 Å². The molecule has 9 rings (SSSR count). The summed E-state index contributed by atoms with van der Waals surface area (Å²) < 4.78 is 5.82.